The van der Waals surface area contributed by atoms with E-state index in [1.807, 2.05) is 24.3 Å². The summed E-state index contributed by atoms with van der Waals surface area (Å²) in [4.78, 5) is 0. The third-order valence-corrected chi connectivity index (χ3v) is 3.86. The molecule has 1 aliphatic rings. The van der Waals surface area contributed by atoms with Gasteiger partial charge in [0.1, 0.15) is 5.75 Å². The lowest BCUT2D eigenvalue weighted by Crippen LogP contribution is -2.09. The largest absolute Gasteiger partial charge is 0.497 e. The lowest BCUT2D eigenvalue weighted by Gasteiger charge is -2.24. The molecule has 0 saturated carbocycles. The highest BCUT2D eigenvalue weighted by atomic mass is 32.4. The van der Waals surface area contributed by atoms with E-state index in [9.17, 15) is 0 Å². The van der Waals surface area contributed by atoms with E-state index in [1.165, 1.54) is 0 Å². The average molecular weight is 244 g/mol. The first-order chi connectivity index (χ1) is 7.29. The molecule has 0 N–H and O–H groups in total. The molecule has 1 aromatic rings. The molecule has 2 atom stereocenters. The van der Waals surface area contributed by atoms with Crippen LogP contribution in [0.5, 0.6) is 5.75 Å². The van der Waals surface area contributed by atoms with Gasteiger partial charge in [0.2, 0.25) is 0 Å². The maximum atomic E-state index is 5.61. The van der Waals surface area contributed by atoms with Crippen LogP contribution < -0.4 is 4.74 Å². The number of methoxy groups -OCH3 is 1. The zero-order valence-electron chi connectivity index (χ0n) is 8.43. The van der Waals surface area contributed by atoms with Crippen molar-refractivity contribution in [3.05, 3.63) is 29.8 Å². The lowest BCUT2D eigenvalue weighted by atomic mass is 10.1. The van der Waals surface area contributed by atoms with Gasteiger partial charge in [-0.2, -0.15) is 0 Å². The van der Waals surface area contributed by atoms with Gasteiger partial charge in [-0.1, -0.05) is 12.1 Å². The topological polar surface area (TPSA) is 27.7 Å². The number of ether oxygens (including phenoxy) is 1. The molecule has 1 saturated heterocycles. The van der Waals surface area contributed by atoms with E-state index < -0.39 is 7.15 Å². The first-order valence-corrected chi connectivity index (χ1v) is 7.22. The summed E-state index contributed by atoms with van der Waals surface area (Å²) in [5, 5.41) is 0. The fraction of sp³-hybridized carbons (Fsp3) is 0.400. The lowest BCUT2D eigenvalue weighted by molar-refractivity contribution is 0.119. The molecule has 5 heteroatoms. The van der Waals surface area contributed by atoms with Crippen LogP contribution in [0, 0.1) is 0 Å². The highest BCUT2D eigenvalue weighted by Gasteiger charge is 2.19. The third kappa shape index (κ3) is 2.79. The molecule has 1 fully saturated rings. The van der Waals surface area contributed by atoms with Crippen molar-refractivity contribution in [1.82, 2.24) is 0 Å². The zero-order chi connectivity index (χ0) is 10.7. The molecule has 2 unspecified atom stereocenters. The van der Waals surface area contributed by atoms with E-state index in [1.54, 1.807) is 7.11 Å². The van der Waals surface area contributed by atoms with E-state index in [-0.39, 0.29) is 6.10 Å². The summed E-state index contributed by atoms with van der Waals surface area (Å²) in [7, 11) is 0.194. The highest BCUT2D eigenvalue weighted by molar-refractivity contribution is 8.00. The van der Waals surface area contributed by atoms with Gasteiger partial charge in [-0.15, -0.1) is 0 Å². The highest BCUT2D eigenvalue weighted by Crippen LogP contribution is 2.40. The molecule has 0 aliphatic carbocycles. The maximum Gasteiger partial charge on any atom is 0.176 e. The average Bonchev–Trinajstić information content (AvgIpc) is 2.29. The fourth-order valence-electron chi connectivity index (χ4n) is 1.53. The van der Waals surface area contributed by atoms with Crippen molar-refractivity contribution in [3.8, 4) is 5.75 Å². The zero-order valence-corrected chi connectivity index (χ0v) is 10.3. The van der Waals surface area contributed by atoms with E-state index in [0.29, 0.717) is 6.61 Å². The molecular formula is C10H13O3PS. The summed E-state index contributed by atoms with van der Waals surface area (Å²) in [6, 6.07) is 7.90. The Balaban J connectivity index is 2.17. The van der Waals surface area contributed by atoms with E-state index in [2.05, 4.69) is 0 Å². The molecule has 15 heavy (non-hydrogen) atoms. The molecule has 1 aromatic carbocycles. The van der Waals surface area contributed by atoms with Crippen molar-refractivity contribution in [1.29, 1.82) is 0 Å². The van der Waals surface area contributed by atoms with Gasteiger partial charge < -0.3 is 13.8 Å². The van der Waals surface area contributed by atoms with Gasteiger partial charge in [-0.25, -0.2) is 0 Å². The Hall–Kier alpha value is -0.410. The third-order valence-electron chi connectivity index (χ3n) is 2.30. The molecule has 0 aromatic heterocycles. The molecule has 0 spiro atoms. The van der Waals surface area contributed by atoms with Crippen molar-refractivity contribution in [2.45, 2.75) is 12.5 Å². The van der Waals surface area contributed by atoms with Crippen LogP contribution in [0.25, 0.3) is 0 Å². The smallest absolute Gasteiger partial charge is 0.176 e. The van der Waals surface area contributed by atoms with E-state index >= 15 is 0 Å². The van der Waals surface area contributed by atoms with Gasteiger partial charge in [0.05, 0.1) is 19.8 Å². The second-order valence-corrected chi connectivity index (χ2v) is 5.29. The molecule has 0 bridgehead atoms. The normalized spacial score (nSPS) is 26.2. The minimum Gasteiger partial charge on any atom is -0.497 e. The standard InChI is InChI=1S/C10H13O3PS/c1-11-9-4-2-3-8(7-9)10-5-6-12-14(15)13-10/h2-4,7,10,14H,5-6H2,1H3. The molecule has 3 nitrogen and oxygen atoms in total. The number of hydrogen-bond acceptors (Lipinski definition) is 4. The first kappa shape index (κ1) is 11.1. The summed E-state index contributed by atoms with van der Waals surface area (Å²) in [5.41, 5.74) is 1.12. The second-order valence-electron chi connectivity index (χ2n) is 3.27. The summed E-state index contributed by atoms with van der Waals surface area (Å²) < 4.78 is 16.0. The SMILES string of the molecule is COc1cccc(C2CCO[PH](=S)O2)c1. The number of benzene rings is 1. The van der Waals surface area contributed by atoms with Gasteiger partial charge in [-0.05, 0) is 29.5 Å². The molecule has 82 valence electrons. The minimum atomic E-state index is -1.47. The molecular weight excluding hydrogens is 231 g/mol. The minimum absolute atomic E-state index is 0.0697. The molecule has 0 radical (unpaired) electrons. The Bertz CT molecular complexity index is 369. The quantitative estimate of drug-likeness (QED) is 0.747. The van der Waals surface area contributed by atoms with Crippen LogP contribution >= 0.6 is 7.15 Å². The summed E-state index contributed by atoms with van der Waals surface area (Å²) in [6.45, 7) is 0.694. The summed E-state index contributed by atoms with van der Waals surface area (Å²) in [6.07, 6.45) is 0.929. The van der Waals surface area contributed by atoms with Crippen LogP contribution in [0.1, 0.15) is 18.1 Å². The number of hydrogen-bond donors (Lipinski definition) is 0. The van der Waals surface area contributed by atoms with Gasteiger partial charge in [-0.3, -0.25) is 0 Å². The Kier molecular flexibility index (Phi) is 3.76. The van der Waals surface area contributed by atoms with Crippen LogP contribution in [-0.2, 0) is 20.9 Å². The predicted octanol–water partition coefficient (Wildman–Crippen LogP) is 2.68. The van der Waals surface area contributed by atoms with Crippen LogP contribution in [0.2, 0.25) is 0 Å². The van der Waals surface area contributed by atoms with E-state index in [4.69, 9.17) is 25.6 Å². The Labute approximate surface area is 94.9 Å². The van der Waals surface area contributed by atoms with Crippen LogP contribution in [0.4, 0.5) is 0 Å². The molecule has 0 amide bonds. The van der Waals surface area contributed by atoms with Crippen LogP contribution in [0.15, 0.2) is 24.3 Å². The number of rotatable bonds is 2. The van der Waals surface area contributed by atoms with Crippen molar-refractivity contribution in [3.63, 3.8) is 0 Å². The van der Waals surface area contributed by atoms with Gasteiger partial charge in [0.15, 0.2) is 7.15 Å². The first-order valence-electron chi connectivity index (χ1n) is 4.77. The van der Waals surface area contributed by atoms with Crippen molar-refractivity contribution in [2.24, 2.45) is 0 Å². The second kappa shape index (κ2) is 5.08. The van der Waals surface area contributed by atoms with E-state index in [0.717, 1.165) is 17.7 Å². The summed E-state index contributed by atoms with van der Waals surface area (Å²) >= 11 is 5.05. The Morgan fingerprint density at radius 2 is 2.40 bits per heavy atom. The monoisotopic (exact) mass is 244 g/mol. The Morgan fingerprint density at radius 1 is 1.53 bits per heavy atom. The van der Waals surface area contributed by atoms with Gasteiger partial charge >= 0.3 is 0 Å². The van der Waals surface area contributed by atoms with Gasteiger partial charge in [0, 0.05) is 6.42 Å². The molecule has 1 heterocycles. The molecule has 2 rings (SSSR count). The Morgan fingerprint density at radius 3 is 3.13 bits per heavy atom. The van der Waals surface area contributed by atoms with Gasteiger partial charge in [0.25, 0.3) is 0 Å². The molecule has 1 aliphatic heterocycles. The maximum absolute atomic E-state index is 5.61. The van der Waals surface area contributed by atoms with Crippen molar-refractivity contribution < 1.29 is 13.8 Å². The van der Waals surface area contributed by atoms with Crippen molar-refractivity contribution in [2.75, 3.05) is 13.7 Å². The predicted molar refractivity (Wildman–Crippen MR) is 63.1 cm³/mol. The summed E-state index contributed by atoms with van der Waals surface area (Å²) in [5.74, 6) is 0.848. The van der Waals surface area contributed by atoms with Crippen LogP contribution in [0.3, 0.4) is 0 Å². The van der Waals surface area contributed by atoms with Crippen LogP contribution in [-0.4, -0.2) is 13.7 Å². The fourth-order valence-corrected chi connectivity index (χ4v) is 2.97. The van der Waals surface area contributed by atoms with Crippen molar-refractivity contribution >= 4 is 19.0 Å².